The van der Waals surface area contributed by atoms with Crippen LogP contribution < -0.4 is 0 Å². The topological polar surface area (TPSA) is 116 Å². The summed E-state index contributed by atoms with van der Waals surface area (Å²) in [5.74, 6) is -2.24. The number of rotatable bonds is 5. The maximum atomic E-state index is 11.8. The predicted molar refractivity (Wildman–Crippen MR) is 73.4 cm³/mol. The molecule has 1 amide bonds. The Morgan fingerprint density at radius 1 is 1.14 bits per heavy atom. The van der Waals surface area contributed by atoms with E-state index in [4.69, 9.17) is 4.74 Å². The second kappa shape index (κ2) is 7.16. The number of esters is 2. The summed E-state index contributed by atoms with van der Waals surface area (Å²) in [6, 6.07) is 3.03. The highest BCUT2D eigenvalue weighted by atomic mass is 16.6. The molecular weight excluding hydrogens is 296 g/mol. The highest BCUT2D eigenvalue weighted by Crippen LogP contribution is 2.18. The standard InChI is InChI=1S/C13H14N2O7/c1-14(2)11(16)7-22-13(18)9-4-8(12(17)21-3)5-10(6-9)15(19)20/h4-6H,7H2,1-3H3. The summed E-state index contributed by atoms with van der Waals surface area (Å²) < 4.78 is 9.21. The van der Waals surface area contributed by atoms with Gasteiger partial charge in [0.2, 0.25) is 0 Å². The number of ether oxygens (including phenoxy) is 2. The molecule has 0 aromatic heterocycles. The van der Waals surface area contributed by atoms with E-state index in [1.165, 1.54) is 19.0 Å². The smallest absolute Gasteiger partial charge is 0.338 e. The van der Waals surface area contributed by atoms with Crippen molar-refractivity contribution in [2.24, 2.45) is 0 Å². The molecule has 0 N–H and O–H groups in total. The van der Waals surface area contributed by atoms with Crippen LogP contribution in [0.3, 0.4) is 0 Å². The second-order valence-corrected chi connectivity index (χ2v) is 4.38. The number of non-ortho nitro benzene ring substituents is 1. The number of hydrogen-bond acceptors (Lipinski definition) is 7. The molecule has 0 saturated heterocycles. The molecule has 0 heterocycles. The fourth-order valence-electron chi connectivity index (χ4n) is 1.41. The lowest BCUT2D eigenvalue weighted by atomic mass is 10.1. The number of nitro groups is 1. The number of nitro benzene ring substituents is 1. The number of hydrogen-bond donors (Lipinski definition) is 0. The molecule has 1 rings (SSSR count). The van der Waals surface area contributed by atoms with Crippen LogP contribution in [-0.4, -0.2) is 55.5 Å². The normalized spacial score (nSPS) is 9.77. The third kappa shape index (κ3) is 4.27. The molecule has 118 valence electrons. The first-order valence-electron chi connectivity index (χ1n) is 6.01. The molecule has 9 nitrogen and oxygen atoms in total. The van der Waals surface area contributed by atoms with Crippen molar-refractivity contribution >= 4 is 23.5 Å². The average molecular weight is 310 g/mol. The molecule has 0 saturated carbocycles. The van der Waals surface area contributed by atoms with Crippen molar-refractivity contribution in [2.75, 3.05) is 27.8 Å². The number of methoxy groups -OCH3 is 1. The Morgan fingerprint density at radius 2 is 1.68 bits per heavy atom. The van der Waals surface area contributed by atoms with Crippen LogP contribution in [0.4, 0.5) is 5.69 Å². The van der Waals surface area contributed by atoms with E-state index in [1.807, 2.05) is 0 Å². The molecule has 0 radical (unpaired) electrons. The zero-order valence-electron chi connectivity index (χ0n) is 12.2. The van der Waals surface area contributed by atoms with Gasteiger partial charge in [0.15, 0.2) is 6.61 Å². The van der Waals surface area contributed by atoms with Crippen molar-refractivity contribution in [3.05, 3.63) is 39.4 Å². The Labute approximate surface area is 125 Å². The van der Waals surface area contributed by atoms with Gasteiger partial charge in [-0.25, -0.2) is 9.59 Å². The largest absolute Gasteiger partial charge is 0.465 e. The second-order valence-electron chi connectivity index (χ2n) is 4.38. The number of carbonyl (C=O) groups excluding carboxylic acids is 3. The lowest BCUT2D eigenvalue weighted by Gasteiger charge is -2.10. The van der Waals surface area contributed by atoms with Gasteiger partial charge < -0.3 is 14.4 Å². The monoisotopic (exact) mass is 310 g/mol. The number of likely N-dealkylation sites (N-methyl/N-ethyl adjacent to an activating group) is 1. The van der Waals surface area contributed by atoms with Crippen LogP contribution in [0, 0.1) is 10.1 Å². The van der Waals surface area contributed by atoms with Gasteiger partial charge >= 0.3 is 11.9 Å². The zero-order chi connectivity index (χ0) is 16.9. The molecule has 0 bridgehead atoms. The van der Waals surface area contributed by atoms with Gasteiger partial charge in [-0.05, 0) is 6.07 Å². The van der Waals surface area contributed by atoms with Gasteiger partial charge in [0.25, 0.3) is 11.6 Å². The fourth-order valence-corrected chi connectivity index (χ4v) is 1.41. The Morgan fingerprint density at radius 3 is 2.14 bits per heavy atom. The summed E-state index contributed by atoms with van der Waals surface area (Å²) >= 11 is 0. The van der Waals surface area contributed by atoms with E-state index in [0.29, 0.717) is 0 Å². The van der Waals surface area contributed by atoms with Crippen LogP contribution in [0.25, 0.3) is 0 Å². The molecule has 0 aliphatic carbocycles. The average Bonchev–Trinajstić information content (AvgIpc) is 2.50. The van der Waals surface area contributed by atoms with Crippen LogP contribution in [0.1, 0.15) is 20.7 Å². The summed E-state index contributed by atoms with van der Waals surface area (Å²) in [7, 11) is 4.08. The molecule has 1 aromatic rings. The zero-order valence-corrected chi connectivity index (χ0v) is 12.2. The maximum Gasteiger partial charge on any atom is 0.338 e. The van der Waals surface area contributed by atoms with Gasteiger partial charge in [-0.3, -0.25) is 14.9 Å². The third-order valence-electron chi connectivity index (χ3n) is 2.61. The molecule has 9 heteroatoms. The minimum Gasteiger partial charge on any atom is -0.465 e. The van der Waals surface area contributed by atoms with Crippen LogP contribution in [0.2, 0.25) is 0 Å². The van der Waals surface area contributed by atoms with Gasteiger partial charge in [0.05, 0.1) is 23.2 Å². The first-order valence-corrected chi connectivity index (χ1v) is 6.01. The first-order chi connectivity index (χ1) is 10.3. The number of carbonyl (C=O) groups is 3. The van der Waals surface area contributed by atoms with Crippen molar-refractivity contribution in [1.82, 2.24) is 4.90 Å². The van der Waals surface area contributed by atoms with Gasteiger partial charge in [0, 0.05) is 26.2 Å². The highest BCUT2D eigenvalue weighted by Gasteiger charge is 2.20. The van der Waals surface area contributed by atoms with E-state index in [2.05, 4.69) is 4.74 Å². The molecule has 0 fully saturated rings. The lowest BCUT2D eigenvalue weighted by molar-refractivity contribution is -0.384. The van der Waals surface area contributed by atoms with Gasteiger partial charge in [-0.15, -0.1) is 0 Å². The third-order valence-corrected chi connectivity index (χ3v) is 2.61. The molecule has 22 heavy (non-hydrogen) atoms. The Hall–Kier alpha value is -2.97. The van der Waals surface area contributed by atoms with Gasteiger partial charge in [0.1, 0.15) is 0 Å². The van der Waals surface area contributed by atoms with E-state index >= 15 is 0 Å². The summed E-state index contributed by atoms with van der Waals surface area (Å²) in [5.41, 5.74) is -0.850. The molecule has 0 unspecified atom stereocenters. The summed E-state index contributed by atoms with van der Waals surface area (Å²) in [4.78, 5) is 45.9. The van der Waals surface area contributed by atoms with Crippen molar-refractivity contribution in [3.8, 4) is 0 Å². The van der Waals surface area contributed by atoms with Crippen molar-refractivity contribution in [3.63, 3.8) is 0 Å². The summed E-state index contributed by atoms with van der Waals surface area (Å²) in [6.07, 6.45) is 0. The van der Waals surface area contributed by atoms with E-state index in [9.17, 15) is 24.5 Å². The Balaban J connectivity index is 3.04. The van der Waals surface area contributed by atoms with Crippen LogP contribution in [0.15, 0.2) is 18.2 Å². The first kappa shape index (κ1) is 17.1. The lowest BCUT2D eigenvalue weighted by Crippen LogP contribution is -2.27. The molecular formula is C13H14N2O7. The Bertz CT molecular complexity index is 625. The van der Waals surface area contributed by atoms with Crippen molar-refractivity contribution in [2.45, 2.75) is 0 Å². The Kier molecular flexibility index (Phi) is 5.56. The fraction of sp³-hybridized carbons (Fsp3) is 0.308. The van der Waals surface area contributed by atoms with E-state index in [1.54, 1.807) is 0 Å². The van der Waals surface area contributed by atoms with Gasteiger partial charge in [-0.2, -0.15) is 0 Å². The molecule has 0 aliphatic rings. The maximum absolute atomic E-state index is 11.8. The van der Waals surface area contributed by atoms with E-state index in [0.717, 1.165) is 25.3 Å². The summed E-state index contributed by atoms with van der Waals surface area (Å²) in [5, 5.41) is 10.8. The molecule has 1 aromatic carbocycles. The molecule has 0 aliphatic heterocycles. The van der Waals surface area contributed by atoms with Crippen LogP contribution in [-0.2, 0) is 14.3 Å². The van der Waals surface area contributed by atoms with Crippen molar-refractivity contribution < 1.29 is 28.8 Å². The number of nitrogens with zero attached hydrogens (tertiary/aromatic N) is 2. The van der Waals surface area contributed by atoms with Crippen LogP contribution in [0.5, 0.6) is 0 Å². The molecule has 0 atom stereocenters. The van der Waals surface area contributed by atoms with Crippen LogP contribution >= 0.6 is 0 Å². The quantitative estimate of drug-likeness (QED) is 0.444. The van der Waals surface area contributed by atoms with Crippen molar-refractivity contribution in [1.29, 1.82) is 0 Å². The van der Waals surface area contributed by atoms with E-state index in [-0.39, 0.29) is 11.1 Å². The highest BCUT2D eigenvalue weighted by molar-refractivity contribution is 5.97. The molecule has 0 spiro atoms. The summed E-state index contributed by atoms with van der Waals surface area (Å²) in [6.45, 7) is -0.512. The number of amides is 1. The van der Waals surface area contributed by atoms with E-state index < -0.39 is 35.1 Å². The number of benzene rings is 1. The SMILES string of the molecule is COC(=O)c1cc(C(=O)OCC(=O)N(C)C)cc([N+](=O)[O-])c1. The minimum absolute atomic E-state index is 0.164. The predicted octanol–water partition coefficient (Wildman–Crippen LogP) is 0.626. The minimum atomic E-state index is -0.955. The van der Waals surface area contributed by atoms with Gasteiger partial charge in [-0.1, -0.05) is 0 Å².